The van der Waals surface area contributed by atoms with Gasteiger partial charge in [0.1, 0.15) is 12.4 Å². The standard InChI is InChI=1S/C23H28Cl2N2O2/c1-16-4-3-5-22(17(16)2)29-13-10-26-23(28)19-8-11-27(12-9-19)15-18-6-7-20(24)21(25)14-18/h3-7,14,19H,8-13,15H2,1-2H3,(H,26,28). The molecule has 0 radical (unpaired) electrons. The Bertz CT molecular complexity index is 849. The molecule has 0 aromatic heterocycles. The number of nitrogens with one attached hydrogen (secondary N) is 1. The quantitative estimate of drug-likeness (QED) is 0.622. The van der Waals surface area contributed by atoms with Gasteiger partial charge in [-0.1, -0.05) is 41.4 Å². The van der Waals surface area contributed by atoms with Crippen molar-refractivity contribution in [1.29, 1.82) is 0 Å². The second-order valence-electron chi connectivity index (χ2n) is 7.64. The molecule has 156 valence electrons. The average Bonchev–Trinajstić information content (AvgIpc) is 2.71. The molecule has 1 aliphatic heterocycles. The highest BCUT2D eigenvalue weighted by Gasteiger charge is 2.24. The van der Waals surface area contributed by atoms with Crippen molar-refractivity contribution in [3.05, 3.63) is 63.1 Å². The molecule has 1 saturated heterocycles. The molecule has 1 N–H and O–H groups in total. The first-order valence-electron chi connectivity index (χ1n) is 10.1. The Morgan fingerprint density at radius 3 is 2.62 bits per heavy atom. The van der Waals surface area contributed by atoms with Crippen LogP contribution in [0.15, 0.2) is 36.4 Å². The third-order valence-corrected chi connectivity index (χ3v) is 6.30. The van der Waals surface area contributed by atoms with E-state index < -0.39 is 0 Å². The first-order chi connectivity index (χ1) is 13.9. The lowest BCUT2D eigenvalue weighted by Gasteiger charge is -2.31. The maximum atomic E-state index is 12.5. The summed E-state index contributed by atoms with van der Waals surface area (Å²) in [5.74, 6) is 1.08. The van der Waals surface area contributed by atoms with Gasteiger partial charge in [-0.15, -0.1) is 0 Å². The number of piperidine rings is 1. The summed E-state index contributed by atoms with van der Waals surface area (Å²) >= 11 is 12.1. The van der Waals surface area contributed by atoms with E-state index >= 15 is 0 Å². The molecular formula is C23H28Cl2N2O2. The molecule has 29 heavy (non-hydrogen) atoms. The van der Waals surface area contributed by atoms with Crippen molar-refractivity contribution in [2.75, 3.05) is 26.2 Å². The van der Waals surface area contributed by atoms with Crippen molar-refractivity contribution < 1.29 is 9.53 Å². The first-order valence-corrected chi connectivity index (χ1v) is 10.8. The fraction of sp³-hybridized carbons (Fsp3) is 0.435. The molecule has 3 rings (SSSR count). The number of carbonyl (C=O) groups excluding carboxylic acids is 1. The van der Waals surface area contributed by atoms with Crippen LogP contribution in [0.2, 0.25) is 10.0 Å². The van der Waals surface area contributed by atoms with Crippen LogP contribution in [0.4, 0.5) is 0 Å². The highest BCUT2D eigenvalue weighted by atomic mass is 35.5. The minimum absolute atomic E-state index is 0.0701. The summed E-state index contributed by atoms with van der Waals surface area (Å²) in [6.45, 7) is 7.75. The van der Waals surface area contributed by atoms with Crippen LogP contribution in [0, 0.1) is 19.8 Å². The van der Waals surface area contributed by atoms with E-state index in [4.69, 9.17) is 27.9 Å². The van der Waals surface area contributed by atoms with E-state index in [1.165, 1.54) is 5.56 Å². The molecule has 0 bridgehead atoms. The number of aryl methyl sites for hydroxylation is 1. The molecule has 4 nitrogen and oxygen atoms in total. The predicted octanol–water partition coefficient (Wildman–Crippen LogP) is 5.02. The first kappa shape index (κ1) is 21.9. The fourth-order valence-corrected chi connectivity index (χ4v) is 3.93. The van der Waals surface area contributed by atoms with Crippen molar-refractivity contribution in [1.82, 2.24) is 10.2 Å². The van der Waals surface area contributed by atoms with Crippen LogP contribution in [0.3, 0.4) is 0 Å². The van der Waals surface area contributed by atoms with Gasteiger partial charge in [-0.3, -0.25) is 9.69 Å². The summed E-state index contributed by atoms with van der Waals surface area (Å²) in [4.78, 5) is 14.8. The van der Waals surface area contributed by atoms with Crippen LogP contribution >= 0.6 is 23.2 Å². The number of benzene rings is 2. The lowest BCUT2D eigenvalue weighted by Crippen LogP contribution is -2.41. The van der Waals surface area contributed by atoms with Crippen molar-refractivity contribution in [2.45, 2.75) is 33.2 Å². The molecular weight excluding hydrogens is 407 g/mol. The lowest BCUT2D eigenvalue weighted by molar-refractivity contribution is -0.126. The van der Waals surface area contributed by atoms with Crippen LogP contribution in [-0.4, -0.2) is 37.0 Å². The Kier molecular flexibility index (Phi) is 7.82. The molecule has 0 atom stereocenters. The number of hydrogen-bond acceptors (Lipinski definition) is 3. The Labute approximate surface area is 183 Å². The molecule has 0 aliphatic carbocycles. The van der Waals surface area contributed by atoms with Crippen LogP contribution in [-0.2, 0) is 11.3 Å². The smallest absolute Gasteiger partial charge is 0.223 e. The zero-order valence-electron chi connectivity index (χ0n) is 17.0. The Morgan fingerprint density at radius 2 is 1.90 bits per heavy atom. The van der Waals surface area contributed by atoms with Crippen molar-refractivity contribution in [3.8, 4) is 5.75 Å². The molecule has 1 heterocycles. The molecule has 2 aromatic rings. The van der Waals surface area contributed by atoms with Crippen LogP contribution in [0.25, 0.3) is 0 Å². The van der Waals surface area contributed by atoms with Gasteiger partial charge in [-0.25, -0.2) is 0 Å². The molecule has 0 saturated carbocycles. The summed E-state index contributed by atoms with van der Waals surface area (Å²) in [5, 5.41) is 4.18. The van der Waals surface area contributed by atoms with E-state index in [0.717, 1.165) is 49.4 Å². The third-order valence-electron chi connectivity index (χ3n) is 5.56. The Hall–Kier alpha value is -1.75. The molecule has 1 aliphatic rings. The number of likely N-dealkylation sites (tertiary alicyclic amines) is 1. The van der Waals surface area contributed by atoms with Gasteiger partial charge < -0.3 is 10.1 Å². The van der Waals surface area contributed by atoms with E-state index in [-0.39, 0.29) is 11.8 Å². The molecule has 1 fully saturated rings. The molecule has 0 unspecified atom stereocenters. The van der Waals surface area contributed by atoms with Gasteiger partial charge >= 0.3 is 0 Å². The molecule has 0 spiro atoms. The predicted molar refractivity (Wildman–Crippen MR) is 119 cm³/mol. The zero-order chi connectivity index (χ0) is 20.8. The highest BCUT2D eigenvalue weighted by molar-refractivity contribution is 6.42. The third kappa shape index (κ3) is 6.11. The van der Waals surface area contributed by atoms with Crippen molar-refractivity contribution >= 4 is 29.1 Å². The van der Waals surface area contributed by atoms with Crippen molar-refractivity contribution in [3.63, 3.8) is 0 Å². The van der Waals surface area contributed by atoms with Gasteiger partial charge in [0.05, 0.1) is 16.6 Å². The number of rotatable bonds is 7. The lowest BCUT2D eigenvalue weighted by atomic mass is 9.95. The van der Waals surface area contributed by atoms with Crippen LogP contribution in [0.5, 0.6) is 5.75 Å². The fourth-order valence-electron chi connectivity index (χ4n) is 3.61. The minimum Gasteiger partial charge on any atom is -0.491 e. The monoisotopic (exact) mass is 434 g/mol. The van der Waals surface area contributed by atoms with Crippen molar-refractivity contribution in [2.24, 2.45) is 5.92 Å². The van der Waals surface area contributed by atoms with Crippen LogP contribution in [0.1, 0.15) is 29.5 Å². The van der Waals surface area contributed by atoms with Crippen LogP contribution < -0.4 is 10.1 Å². The van der Waals surface area contributed by atoms with Gasteiger partial charge in [0.15, 0.2) is 0 Å². The van der Waals surface area contributed by atoms with Gasteiger partial charge in [-0.2, -0.15) is 0 Å². The maximum Gasteiger partial charge on any atom is 0.223 e. The summed E-state index contributed by atoms with van der Waals surface area (Å²) in [6.07, 6.45) is 1.73. The number of ether oxygens (including phenoxy) is 1. The Morgan fingerprint density at radius 1 is 1.14 bits per heavy atom. The van der Waals surface area contributed by atoms with E-state index in [1.807, 2.05) is 30.3 Å². The summed E-state index contributed by atoms with van der Waals surface area (Å²) in [5.41, 5.74) is 3.50. The second kappa shape index (κ2) is 10.3. The SMILES string of the molecule is Cc1cccc(OCCNC(=O)C2CCN(Cc3ccc(Cl)c(Cl)c3)CC2)c1C. The van der Waals surface area contributed by atoms with Gasteiger partial charge in [-0.05, 0) is 74.7 Å². The average molecular weight is 435 g/mol. The zero-order valence-corrected chi connectivity index (χ0v) is 18.5. The highest BCUT2D eigenvalue weighted by Crippen LogP contribution is 2.25. The van der Waals surface area contributed by atoms with E-state index in [2.05, 4.69) is 30.1 Å². The minimum atomic E-state index is 0.0701. The second-order valence-corrected chi connectivity index (χ2v) is 8.45. The summed E-state index contributed by atoms with van der Waals surface area (Å²) in [6, 6.07) is 11.8. The van der Waals surface area contributed by atoms with E-state index in [0.29, 0.717) is 23.2 Å². The number of halogens is 2. The Balaban J connectivity index is 1.37. The molecule has 6 heteroatoms. The molecule has 2 aromatic carbocycles. The maximum absolute atomic E-state index is 12.5. The number of carbonyl (C=O) groups is 1. The van der Waals surface area contributed by atoms with Gasteiger partial charge in [0, 0.05) is 12.5 Å². The van der Waals surface area contributed by atoms with Gasteiger partial charge in [0.2, 0.25) is 5.91 Å². The van der Waals surface area contributed by atoms with E-state index in [9.17, 15) is 4.79 Å². The molecule has 1 amide bonds. The normalized spacial score (nSPS) is 15.3. The number of nitrogens with zero attached hydrogens (tertiary/aromatic N) is 1. The number of hydrogen-bond donors (Lipinski definition) is 1. The summed E-state index contributed by atoms with van der Waals surface area (Å²) in [7, 11) is 0. The topological polar surface area (TPSA) is 41.6 Å². The number of amides is 1. The largest absolute Gasteiger partial charge is 0.491 e. The van der Waals surface area contributed by atoms with Gasteiger partial charge in [0.25, 0.3) is 0 Å². The summed E-state index contributed by atoms with van der Waals surface area (Å²) < 4.78 is 5.81. The van der Waals surface area contributed by atoms with E-state index in [1.54, 1.807) is 0 Å².